The van der Waals surface area contributed by atoms with Crippen LogP contribution in [0.1, 0.15) is 48.9 Å². The van der Waals surface area contributed by atoms with Gasteiger partial charge in [-0.2, -0.15) is 0 Å². The Labute approximate surface area is 149 Å². The van der Waals surface area contributed by atoms with E-state index in [-0.39, 0.29) is 5.56 Å². The molecule has 0 aromatic heterocycles. The van der Waals surface area contributed by atoms with Crippen molar-refractivity contribution in [3.8, 4) is 5.75 Å². The highest BCUT2D eigenvalue weighted by molar-refractivity contribution is 5.37. The van der Waals surface area contributed by atoms with E-state index >= 15 is 0 Å². The summed E-state index contributed by atoms with van der Waals surface area (Å²) in [6.45, 7) is 4.57. The van der Waals surface area contributed by atoms with Crippen LogP contribution in [0.2, 0.25) is 0 Å². The van der Waals surface area contributed by atoms with Crippen molar-refractivity contribution in [3.05, 3.63) is 64.2 Å². The maximum atomic E-state index is 14.2. The van der Waals surface area contributed by atoms with Gasteiger partial charge in [0, 0.05) is 5.56 Å². The van der Waals surface area contributed by atoms with Gasteiger partial charge in [0.2, 0.25) is 0 Å². The third kappa shape index (κ3) is 4.20. The van der Waals surface area contributed by atoms with Gasteiger partial charge in [0.15, 0.2) is 0 Å². The normalized spacial score (nSPS) is 16.6. The van der Waals surface area contributed by atoms with E-state index in [4.69, 9.17) is 4.74 Å². The number of hydrogen-bond acceptors (Lipinski definition) is 1. The Morgan fingerprint density at radius 1 is 1.04 bits per heavy atom. The number of fused-ring (bicyclic) bond motifs is 1. The molecule has 25 heavy (non-hydrogen) atoms. The Balaban J connectivity index is 1.64. The quantitative estimate of drug-likeness (QED) is 0.656. The van der Waals surface area contributed by atoms with Crippen molar-refractivity contribution < 1.29 is 13.5 Å². The molecule has 0 aliphatic heterocycles. The zero-order valence-electron chi connectivity index (χ0n) is 15.1. The average Bonchev–Trinajstić information content (AvgIpc) is 2.61. The number of ether oxygens (including phenoxy) is 1. The second kappa shape index (κ2) is 7.99. The second-order valence-corrected chi connectivity index (χ2v) is 6.90. The monoisotopic (exact) mass is 344 g/mol. The van der Waals surface area contributed by atoms with E-state index in [1.165, 1.54) is 23.3 Å². The maximum absolute atomic E-state index is 14.2. The van der Waals surface area contributed by atoms with Gasteiger partial charge in [0.1, 0.15) is 17.4 Å². The van der Waals surface area contributed by atoms with Gasteiger partial charge in [0.05, 0.1) is 6.61 Å². The van der Waals surface area contributed by atoms with Gasteiger partial charge in [0.25, 0.3) is 0 Å². The molecule has 0 saturated carbocycles. The van der Waals surface area contributed by atoms with Gasteiger partial charge >= 0.3 is 0 Å². The van der Waals surface area contributed by atoms with Crippen molar-refractivity contribution in [2.45, 2.75) is 52.4 Å². The van der Waals surface area contributed by atoms with Crippen LogP contribution in [0.25, 0.3) is 0 Å². The number of aryl methyl sites for hydroxylation is 2. The van der Waals surface area contributed by atoms with Crippen molar-refractivity contribution in [2.24, 2.45) is 5.92 Å². The lowest BCUT2D eigenvalue weighted by atomic mass is 9.81. The molecule has 2 aromatic carbocycles. The number of rotatable bonds is 6. The Bertz CT molecular complexity index is 716. The summed E-state index contributed by atoms with van der Waals surface area (Å²) in [5.41, 5.74) is 3.67. The fourth-order valence-electron chi connectivity index (χ4n) is 3.76. The van der Waals surface area contributed by atoms with Gasteiger partial charge in [-0.1, -0.05) is 13.0 Å². The minimum atomic E-state index is -0.394. The first kappa shape index (κ1) is 17.9. The van der Waals surface area contributed by atoms with Crippen molar-refractivity contribution in [2.75, 3.05) is 6.61 Å². The summed E-state index contributed by atoms with van der Waals surface area (Å²) < 4.78 is 33.9. The third-order valence-corrected chi connectivity index (χ3v) is 5.23. The zero-order valence-corrected chi connectivity index (χ0v) is 15.1. The molecule has 0 bridgehead atoms. The number of hydrogen-bond donors (Lipinski definition) is 0. The Hall–Kier alpha value is -1.90. The van der Waals surface area contributed by atoms with E-state index in [1.807, 2.05) is 19.9 Å². The molecule has 0 fully saturated rings. The minimum Gasteiger partial charge on any atom is -0.494 e. The van der Waals surface area contributed by atoms with Crippen LogP contribution in [0.15, 0.2) is 30.3 Å². The van der Waals surface area contributed by atoms with Crippen molar-refractivity contribution in [1.29, 1.82) is 0 Å². The molecule has 0 radical (unpaired) electrons. The van der Waals surface area contributed by atoms with Crippen LogP contribution in [0.3, 0.4) is 0 Å². The van der Waals surface area contributed by atoms with E-state index in [1.54, 1.807) is 0 Å². The summed E-state index contributed by atoms with van der Waals surface area (Å²) in [6, 6.07) is 9.25. The van der Waals surface area contributed by atoms with Crippen LogP contribution in [-0.4, -0.2) is 6.61 Å². The van der Waals surface area contributed by atoms with Crippen molar-refractivity contribution in [3.63, 3.8) is 0 Å². The highest BCUT2D eigenvalue weighted by atomic mass is 19.1. The van der Waals surface area contributed by atoms with E-state index in [0.717, 1.165) is 37.0 Å². The van der Waals surface area contributed by atoms with Gasteiger partial charge in [-0.3, -0.25) is 0 Å². The smallest absolute Gasteiger partial charge is 0.129 e. The second-order valence-electron chi connectivity index (χ2n) is 6.90. The van der Waals surface area contributed by atoms with Crippen LogP contribution in [0.4, 0.5) is 8.78 Å². The summed E-state index contributed by atoms with van der Waals surface area (Å²) in [7, 11) is 0. The molecule has 0 heterocycles. The van der Waals surface area contributed by atoms with Crippen LogP contribution in [-0.2, 0) is 25.7 Å². The zero-order chi connectivity index (χ0) is 17.8. The summed E-state index contributed by atoms with van der Waals surface area (Å²) in [4.78, 5) is 0. The molecule has 0 N–H and O–H groups in total. The topological polar surface area (TPSA) is 9.23 Å². The van der Waals surface area contributed by atoms with Crippen LogP contribution < -0.4 is 4.74 Å². The molecular formula is C22H26F2O. The molecule has 3 heteroatoms. The third-order valence-electron chi connectivity index (χ3n) is 5.23. The van der Waals surface area contributed by atoms with Crippen LogP contribution >= 0.6 is 0 Å². The molecule has 1 atom stereocenters. The van der Waals surface area contributed by atoms with E-state index in [9.17, 15) is 8.78 Å². The predicted octanol–water partition coefficient (Wildman–Crippen LogP) is 5.66. The fourth-order valence-corrected chi connectivity index (χ4v) is 3.76. The standard InChI is InChI=1S/C22H26F2O/c1-3-15-12-21(23)20(22(24)13-15)10-6-16-5-7-18-14-19(25-4-2)9-8-17(18)11-16/h8-9,12-14,16H,3-7,10-11H2,1-2H3. The van der Waals surface area contributed by atoms with Crippen LogP contribution in [0, 0.1) is 17.6 Å². The lowest BCUT2D eigenvalue weighted by Gasteiger charge is -2.25. The molecule has 1 aliphatic carbocycles. The fraction of sp³-hybridized carbons (Fsp3) is 0.455. The summed E-state index contributed by atoms with van der Waals surface area (Å²) in [6.07, 6.45) is 5.01. The molecule has 1 aliphatic rings. The Kier molecular flexibility index (Phi) is 5.72. The molecule has 1 nitrogen and oxygen atoms in total. The summed E-state index contributed by atoms with van der Waals surface area (Å²) in [5.74, 6) is 0.624. The van der Waals surface area contributed by atoms with Crippen molar-refractivity contribution in [1.82, 2.24) is 0 Å². The summed E-state index contributed by atoms with van der Waals surface area (Å²) in [5, 5.41) is 0. The number of halogens is 2. The van der Waals surface area contributed by atoms with Gasteiger partial charge in [-0.15, -0.1) is 0 Å². The van der Waals surface area contributed by atoms with E-state index in [2.05, 4.69) is 12.1 Å². The molecule has 1 unspecified atom stereocenters. The van der Waals surface area contributed by atoms with E-state index < -0.39 is 11.6 Å². The first-order chi connectivity index (χ1) is 12.1. The van der Waals surface area contributed by atoms with Gasteiger partial charge < -0.3 is 4.74 Å². The Morgan fingerprint density at radius 2 is 1.80 bits per heavy atom. The lowest BCUT2D eigenvalue weighted by molar-refractivity contribution is 0.338. The molecule has 0 saturated heterocycles. The first-order valence-electron chi connectivity index (χ1n) is 9.32. The Morgan fingerprint density at radius 3 is 2.48 bits per heavy atom. The lowest BCUT2D eigenvalue weighted by Crippen LogP contribution is -2.15. The summed E-state index contributed by atoms with van der Waals surface area (Å²) >= 11 is 0. The maximum Gasteiger partial charge on any atom is 0.129 e. The first-order valence-corrected chi connectivity index (χ1v) is 9.32. The number of benzene rings is 2. The molecule has 134 valence electrons. The molecular weight excluding hydrogens is 318 g/mol. The highest BCUT2D eigenvalue weighted by Gasteiger charge is 2.20. The molecule has 0 amide bonds. The van der Waals surface area contributed by atoms with Gasteiger partial charge in [-0.05, 0) is 92.3 Å². The molecule has 0 spiro atoms. The van der Waals surface area contributed by atoms with Gasteiger partial charge in [-0.25, -0.2) is 8.78 Å². The van der Waals surface area contributed by atoms with Crippen LogP contribution in [0.5, 0.6) is 5.75 Å². The highest BCUT2D eigenvalue weighted by Crippen LogP contribution is 2.31. The van der Waals surface area contributed by atoms with Crippen molar-refractivity contribution >= 4 is 0 Å². The minimum absolute atomic E-state index is 0.245. The largest absolute Gasteiger partial charge is 0.494 e. The molecule has 2 aromatic rings. The predicted molar refractivity (Wildman–Crippen MR) is 97.2 cm³/mol. The van der Waals surface area contributed by atoms with E-state index in [0.29, 0.717) is 25.4 Å². The molecule has 3 rings (SSSR count). The SMILES string of the molecule is CCOc1ccc2c(c1)CCC(CCc1c(F)cc(CC)cc1F)C2. The average molecular weight is 344 g/mol.